The van der Waals surface area contributed by atoms with Crippen LogP contribution in [0.1, 0.15) is 18.5 Å². The summed E-state index contributed by atoms with van der Waals surface area (Å²) in [5.74, 6) is 1.47. The van der Waals surface area contributed by atoms with Crippen molar-refractivity contribution in [2.45, 2.75) is 13.0 Å². The first-order valence-electron chi connectivity index (χ1n) is 6.48. The van der Waals surface area contributed by atoms with Crippen molar-refractivity contribution < 1.29 is 9.47 Å². The van der Waals surface area contributed by atoms with Crippen LogP contribution in [0.25, 0.3) is 0 Å². The molecule has 0 saturated heterocycles. The van der Waals surface area contributed by atoms with Crippen molar-refractivity contribution in [2.24, 2.45) is 0 Å². The number of hydrogen-bond donors (Lipinski definition) is 1. The van der Waals surface area contributed by atoms with Crippen LogP contribution in [0.2, 0.25) is 10.0 Å². The van der Waals surface area contributed by atoms with Crippen molar-refractivity contribution in [2.75, 3.05) is 19.5 Å². The second-order valence-corrected chi connectivity index (χ2v) is 5.46. The molecule has 0 bridgehead atoms. The molecule has 1 unspecified atom stereocenters. The second kappa shape index (κ2) is 6.92. The van der Waals surface area contributed by atoms with E-state index in [9.17, 15) is 0 Å². The SMILES string of the molecule is COc1cc(NC(C)c2ccc(Cl)c(Cl)c2)cc(OC)c1. The lowest BCUT2D eigenvalue weighted by Gasteiger charge is -2.17. The molecule has 0 aliphatic carbocycles. The van der Waals surface area contributed by atoms with Gasteiger partial charge in [-0.05, 0) is 24.6 Å². The van der Waals surface area contributed by atoms with Crippen LogP contribution in [0.5, 0.6) is 11.5 Å². The lowest BCUT2D eigenvalue weighted by molar-refractivity contribution is 0.394. The molecule has 0 spiro atoms. The van der Waals surface area contributed by atoms with E-state index in [2.05, 4.69) is 5.32 Å². The molecule has 0 radical (unpaired) electrons. The number of methoxy groups -OCH3 is 2. The van der Waals surface area contributed by atoms with Crippen molar-refractivity contribution in [3.63, 3.8) is 0 Å². The lowest BCUT2D eigenvalue weighted by atomic mass is 10.1. The van der Waals surface area contributed by atoms with E-state index in [0.717, 1.165) is 22.7 Å². The highest BCUT2D eigenvalue weighted by atomic mass is 35.5. The maximum Gasteiger partial charge on any atom is 0.124 e. The van der Waals surface area contributed by atoms with E-state index in [1.54, 1.807) is 20.3 Å². The summed E-state index contributed by atoms with van der Waals surface area (Å²) in [5, 5.41) is 4.49. The Hall–Kier alpha value is -1.58. The van der Waals surface area contributed by atoms with Gasteiger partial charge in [-0.25, -0.2) is 0 Å². The summed E-state index contributed by atoms with van der Waals surface area (Å²) < 4.78 is 10.5. The zero-order valence-corrected chi connectivity index (χ0v) is 13.6. The largest absolute Gasteiger partial charge is 0.497 e. The summed E-state index contributed by atoms with van der Waals surface area (Å²) in [6.07, 6.45) is 0. The smallest absolute Gasteiger partial charge is 0.124 e. The highest BCUT2D eigenvalue weighted by Gasteiger charge is 2.09. The second-order valence-electron chi connectivity index (χ2n) is 4.64. The molecule has 0 aliphatic heterocycles. The Balaban J connectivity index is 2.22. The molecule has 0 fully saturated rings. The van der Waals surface area contributed by atoms with Crippen LogP contribution in [0.4, 0.5) is 5.69 Å². The van der Waals surface area contributed by atoms with Gasteiger partial charge in [-0.3, -0.25) is 0 Å². The molecule has 1 atom stereocenters. The van der Waals surface area contributed by atoms with E-state index in [1.807, 2.05) is 37.3 Å². The molecule has 0 saturated carbocycles. The lowest BCUT2D eigenvalue weighted by Crippen LogP contribution is -2.07. The molecule has 2 rings (SSSR count). The highest BCUT2D eigenvalue weighted by Crippen LogP contribution is 2.30. The standard InChI is InChI=1S/C16H17Cl2NO2/c1-10(11-4-5-15(17)16(18)6-11)19-12-7-13(20-2)9-14(8-12)21-3/h4-10,19H,1-3H3. The predicted octanol–water partition coefficient (Wildman–Crippen LogP) is 5.18. The quantitative estimate of drug-likeness (QED) is 0.821. The number of ether oxygens (including phenoxy) is 2. The van der Waals surface area contributed by atoms with Gasteiger partial charge in [0.25, 0.3) is 0 Å². The van der Waals surface area contributed by atoms with Crippen molar-refractivity contribution >= 4 is 28.9 Å². The fourth-order valence-electron chi connectivity index (χ4n) is 2.01. The minimum Gasteiger partial charge on any atom is -0.497 e. The first-order chi connectivity index (χ1) is 10.0. The Morgan fingerprint density at radius 3 is 2.05 bits per heavy atom. The fourth-order valence-corrected chi connectivity index (χ4v) is 2.31. The summed E-state index contributed by atoms with van der Waals surface area (Å²) in [6.45, 7) is 2.05. The van der Waals surface area contributed by atoms with Crippen molar-refractivity contribution in [3.8, 4) is 11.5 Å². The number of hydrogen-bond acceptors (Lipinski definition) is 3. The van der Waals surface area contributed by atoms with Gasteiger partial charge in [0.05, 0.1) is 24.3 Å². The molecule has 112 valence electrons. The molecule has 21 heavy (non-hydrogen) atoms. The van der Waals surface area contributed by atoms with Gasteiger partial charge in [0.2, 0.25) is 0 Å². The van der Waals surface area contributed by atoms with Gasteiger partial charge in [0, 0.05) is 29.9 Å². The van der Waals surface area contributed by atoms with E-state index < -0.39 is 0 Å². The maximum absolute atomic E-state index is 6.06. The predicted molar refractivity (Wildman–Crippen MR) is 88.0 cm³/mol. The monoisotopic (exact) mass is 325 g/mol. The van der Waals surface area contributed by atoms with Gasteiger partial charge in [-0.15, -0.1) is 0 Å². The number of nitrogens with one attached hydrogen (secondary N) is 1. The van der Waals surface area contributed by atoms with Crippen LogP contribution in [0, 0.1) is 0 Å². The summed E-state index contributed by atoms with van der Waals surface area (Å²) in [6, 6.07) is 11.3. The average Bonchev–Trinajstić information content (AvgIpc) is 2.49. The van der Waals surface area contributed by atoms with Crippen LogP contribution in [-0.4, -0.2) is 14.2 Å². The summed E-state index contributed by atoms with van der Waals surface area (Å²) in [4.78, 5) is 0. The Bertz CT molecular complexity index is 609. The molecule has 0 aliphatic rings. The van der Waals surface area contributed by atoms with Crippen molar-refractivity contribution in [1.29, 1.82) is 0 Å². The molecular weight excluding hydrogens is 309 g/mol. The highest BCUT2D eigenvalue weighted by molar-refractivity contribution is 6.42. The van der Waals surface area contributed by atoms with Crippen LogP contribution in [-0.2, 0) is 0 Å². The van der Waals surface area contributed by atoms with E-state index in [-0.39, 0.29) is 6.04 Å². The maximum atomic E-state index is 6.06. The molecule has 2 aromatic rings. The molecule has 0 aromatic heterocycles. The Labute approximate surface area is 134 Å². The van der Waals surface area contributed by atoms with Gasteiger partial charge in [-0.2, -0.15) is 0 Å². The summed E-state index contributed by atoms with van der Waals surface area (Å²) in [5.41, 5.74) is 1.95. The van der Waals surface area contributed by atoms with E-state index >= 15 is 0 Å². The average molecular weight is 326 g/mol. The zero-order valence-electron chi connectivity index (χ0n) is 12.1. The number of halogens is 2. The van der Waals surface area contributed by atoms with Gasteiger partial charge < -0.3 is 14.8 Å². The Morgan fingerprint density at radius 2 is 1.52 bits per heavy atom. The number of rotatable bonds is 5. The van der Waals surface area contributed by atoms with Gasteiger partial charge >= 0.3 is 0 Å². The third kappa shape index (κ3) is 3.96. The van der Waals surface area contributed by atoms with Gasteiger partial charge in [-0.1, -0.05) is 29.3 Å². The molecular formula is C16H17Cl2NO2. The van der Waals surface area contributed by atoms with Crippen LogP contribution < -0.4 is 14.8 Å². The molecule has 5 heteroatoms. The van der Waals surface area contributed by atoms with E-state index in [1.165, 1.54) is 0 Å². The van der Waals surface area contributed by atoms with E-state index in [4.69, 9.17) is 32.7 Å². The number of benzene rings is 2. The molecule has 3 nitrogen and oxygen atoms in total. The summed E-state index contributed by atoms with van der Waals surface area (Å²) >= 11 is 12.0. The normalized spacial score (nSPS) is 11.9. The van der Waals surface area contributed by atoms with Crippen LogP contribution >= 0.6 is 23.2 Å². The topological polar surface area (TPSA) is 30.5 Å². The van der Waals surface area contributed by atoms with E-state index in [0.29, 0.717) is 10.0 Å². The number of anilines is 1. The van der Waals surface area contributed by atoms with Crippen molar-refractivity contribution in [3.05, 3.63) is 52.0 Å². The summed E-state index contributed by atoms with van der Waals surface area (Å²) in [7, 11) is 3.25. The minimum atomic E-state index is 0.0663. The third-order valence-corrected chi connectivity index (χ3v) is 3.92. The first kappa shape index (κ1) is 15.8. The zero-order chi connectivity index (χ0) is 15.4. The Morgan fingerprint density at radius 1 is 0.905 bits per heavy atom. The van der Waals surface area contributed by atoms with Gasteiger partial charge in [0.1, 0.15) is 11.5 Å². The van der Waals surface area contributed by atoms with Crippen LogP contribution in [0.3, 0.4) is 0 Å². The first-order valence-corrected chi connectivity index (χ1v) is 7.23. The molecule has 0 amide bonds. The van der Waals surface area contributed by atoms with Crippen LogP contribution in [0.15, 0.2) is 36.4 Å². The van der Waals surface area contributed by atoms with Crippen molar-refractivity contribution in [1.82, 2.24) is 0 Å². The van der Waals surface area contributed by atoms with Gasteiger partial charge in [0.15, 0.2) is 0 Å². The minimum absolute atomic E-state index is 0.0663. The molecule has 1 N–H and O–H groups in total. The fraction of sp³-hybridized carbons (Fsp3) is 0.250. The molecule has 2 aromatic carbocycles. The molecule has 0 heterocycles. The third-order valence-electron chi connectivity index (χ3n) is 3.18. The Kier molecular flexibility index (Phi) is 5.21.